The highest BCUT2D eigenvalue weighted by Gasteiger charge is 2.17. The molecule has 96 valence electrons. The third kappa shape index (κ3) is 3.86. The van der Waals surface area contributed by atoms with Crippen molar-refractivity contribution in [3.8, 4) is 6.07 Å². The number of amides is 1. The number of benzene rings is 1. The Bertz CT molecular complexity index is 431. The van der Waals surface area contributed by atoms with Crippen molar-refractivity contribution in [2.75, 3.05) is 11.9 Å². The lowest BCUT2D eigenvalue weighted by Gasteiger charge is -2.15. The summed E-state index contributed by atoms with van der Waals surface area (Å²) in [6.45, 7) is 2.54. The summed E-state index contributed by atoms with van der Waals surface area (Å²) in [6.07, 6.45) is 2.43. The monoisotopic (exact) mass is 245 g/mol. The van der Waals surface area contributed by atoms with Crippen LogP contribution in [0.3, 0.4) is 0 Å². The smallest absolute Gasteiger partial charge is 0.227 e. The van der Waals surface area contributed by atoms with E-state index in [2.05, 4.69) is 11.4 Å². The third-order valence-electron chi connectivity index (χ3n) is 2.83. The molecule has 0 radical (unpaired) electrons. The summed E-state index contributed by atoms with van der Waals surface area (Å²) in [5.74, 6) is -0.128. The van der Waals surface area contributed by atoms with Crippen LogP contribution in [0.25, 0.3) is 0 Å². The summed E-state index contributed by atoms with van der Waals surface area (Å²) in [4.78, 5) is 12.1. The summed E-state index contributed by atoms with van der Waals surface area (Å²) in [5, 5.41) is 11.8. The van der Waals surface area contributed by atoms with Gasteiger partial charge >= 0.3 is 0 Å². The molecule has 0 spiro atoms. The van der Waals surface area contributed by atoms with Crippen molar-refractivity contribution in [1.29, 1.82) is 5.26 Å². The second-order valence-corrected chi connectivity index (χ2v) is 4.21. The molecule has 4 heteroatoms. The fourth-order valence-electron chi connectivity index (χ4n) is 1.88. The lowest BCUT2D eigenvalue weighted by Crippen LogP contribution is -2.25. The van der Waals surface area contributed by atoms with Gasteiger partial charge in [0.15, 0.2) is 0 Å². The molecule has 1 amide bonds. The van der Waals surface area contributed by atoms with Crippen LogP contribution < -0.4 is 11.1 Å². The predicted octanol–water partition coefficient (Wildman–Crippen LogP) is 2.26. The van der Waals surface area contributed by atoms with E-state index in [-0.39, 0.29) is 11.8 Å². The van der Waals surface area contributed by atoms with Crippen molar-refractivity contribution in [3.63, 3.8) is 0 Å². The van der Waals surface area contributed by atoms with E-state index in [0.29, 0.717) is 24.2 Å². The highest BCUT2D eigenvalue weighted by molar-refractivity contribution is 5.93. The normalized spacial score (nSPS) is 11.6. The van der Waals surface area contributed by atoms with Gasteiger partial charge in [0.25, 0.3) is 0 Å². The Kier molecular flexibility index (Phi) is 5.89. The second-order valence-electron chi connectivity index (χ2n) is 4.21. The molecule has 3 N–H and O–H groups in total. The summed E-state index contributed by atoms with van der Waals surface area (Å²) in [5.41, 5.74) is 6.57. The number of rotatable bonds is 6. The maximum absolute atomic E-state index is 12.1. The summed E-state index contributed by atoms with van der Waals surface area (Å²) in [7, 11) is 0. The van der Waals surface area contributed by atoms with E-state index >= 15 is 0 Å². The van der Waals surface area contributed by atoms with E-state index in [0.717, 1.165) is 12.8 Å². The molecule has 0 aliphatic carbocycles. The number of hydrogen-bond donors (Lipinski definition) is 2. The molecular weight excluding hydrogens is 226 g/mol. The quantitative estimate of drug-likeness (QED) is 0.806. The zero-order valence-corrected chi connectivity index (χ0v) is 10.6. The van der Waals surface area contributed by atoms with E-state index in [1.54, 1.807) is 24.3 Å². The molecule has 4 nitrogen and oxygen atoms in total. The zero-order valence-electron chi connectivity index (χ0n) is 10.6. The minimum atomic E-state index is -0.0771. The fourth-order valence-corrected chi connectivity index (χ4v) is 1.88. The number of nitrogens with one attached hydrogen (secondary N) is 1. The van der Waals surface area contributed by atoms with Gasteiger partial charge in [0.05, 0.1) is 11.3 Å². The first-order chi connectivity index (χ1) is 8.72. The maximum Gasteiger partial charge on any atom is 0.227 e. The van der Waals surface area contributed by atoms with Crippen molar-refractivity contribution in [1.82, 2.24) is 0 Å². The average Bonchev–Trinajstić information content (AvgIpc) is 2.39. The molecule has 0 fully saturated rings. The van der Waals surface area contributed by atoms with Crippen molar-refractivity contribution >= 4 is 11.6 Å². The molecule has 0 heterocycles. The molecule has 1 rings (SSSR count). The average molecular weight is 245 g/mol. The number of para-hydroxylation sites is 1. The Labute approximate surface area is 108 Å². The number of nitriles is 1. The van der Waals surface area contributed by atoms with Crippen LogP contribution in [0.1, 0.15) is 31.7 Å². The fraction of sp³-hybridized carbons (Fsp3) is 0.429. The molecule has 18 heavy (non-hydrogen) atoms. The minimum absolute atomic E-state index is 0.0509. The van der Waals surface area contributed by atoms with Crippen molar-refractivity contribution in [2.24, 2.45) is 11.7 Å². The molecule has 0 saturated heterocycles. The molecule has 0 bridgehead atoms. The number of anilines is 1. The van der Waals surface area contributed by atoms with Gasteiger partial charge in [-0.2, -0.15) is 5.26 Å². The molecule has 1 aromatic rings. The van der Waals surface area contributed by atoms with Gasteiger partial charge in [0.2, 0.25) is 5.91 Å². The van der Waals surface area contributed by atoms with Crippen LogP contribution in [0.15, 0.2) is 24.3 Å². The Morgan fingerprint density at radius 1 is 1.44 bits per heavy atom. The lowest BCUT2D eigenvalue weighted by atomic mass is 9.98. The predicted molar refractivity (Wildman–Crippen MR) is 71.9 cm³/mol. The Morgan fingerprint density at radius 3 is 2.78 bits per heavy atom. The summed E-state index contributed by atoms with van der Waals surface area (Å²) >= 11 is 0. The van der Waals surface area contributed by atoms with Gasteiger partial charge in [-0.3, -0.25) is 4.79 Å². The zero-order chi connectivity index (χ0) is 13.4. The third-order valence-corrected chi connectivity index (χ3v) is 2.83. The number of carbonyl (C=O) groups is 1. The van der Waals surface area contributed by atoms with Gasteiger partial charge in [-0.15, -0.1) is 0 Å². The van der Waals surface area contributed by atoms with Crippen LogP contribution in [0.5, 0.6) is 0 Å². The number of nitrogens with two attached hydrogens (primary N) is 1. The number of nitrogens with zero attached hydrogens (tertiary/aromatic N) is 1. The van der Waals surface area contributed by atoms with Crippen LogP contribution in [-0.4, -0.2) is 12.5 Å². The standard InChI is InChI=1S/C14H19N3O/c1-2-5-11(8-9-15)14(18)17-13-7-4-3-6-12(13)10-16/h3-4,6-7,11H,2,5,8-9,15H2,1H3,(H,17,18). The molecular formula is C14H19N3O. The van der Waals surface area contributed by atoms with Gasteiger partial charge < -0.3 is 11.1 Å². The lowest BCUT2D eigenvalue weighted by molar-refractivity contribution is -0.120. The topological polar surface area (TPSA) is 78.9 Å². The number of hydrogen-bond acceptors (Lipinski definition) is 3. The van der Waals surface area contributed by atoms with Gasteiger partial charge in [0, 0.05) is 5.92 Å². The molecule has 0 aromatic heterocycles. The SMILES string of the molecule is CCCC(CCN)C(=O)Nc1ccccc1C#N. The molecule has 1 atom stereocenters. The molecule has 1 aromatic carbocycles. The molecule has 1 unspecified atom stereocenters. The summed E-state index contributed by atoms with van der Waals surface area (Å²) < 4.78 is 0. The van der Waals surface area contributed by atoms with Crippen LogP contribution in [0, 0.1) is 17.2 Å². The van der Waals surface area contributed by atoms with Crippen LogP contribution in [-0.2, 0) is 4.79 Å². The first-order valence-electron chi connectivity index (χ1n) is 6.23. The number of carbonyl (C=O) groups excluding carboxylic acids is 1. The van der Waals surface area contributed by atoms with E-state index < -0.39 is 0 Å². The minimum Gasteiger partial charge on any atom is -0.330 e. The molecule has 0 aliphatic rings. The first-order valence-corrected chi connectivity index (χ1v) is 6.23. The van der Waals surface area contributed by atoms with Gasteiger partial charge in [-0.25, -0.2) is 0 Å². The maximum atomic E-state index is 12.1. The van der Waals surface area contributed by atoms with Gasteiger partial charge in [-0.05, 0) is 31.5 Å². The Morgan fingerprint density at radius 2 is 2.17 bits per heavy atom. The Balaban J connectivity index is 2.76. The van der Waals surface area contributed by atoms with E-state index in [4.69, 9.17) is 11.0 Å². The van der Waals surface area contributed by atoms with Crippen LogP contribution in [0.2, 0.25) is 0 Å². The van der Waals surface area contributed by atoms with E-state index in [9.17, 15) is 4.79 Å². The van der Waals surface area contributed by atoms with Crippen molar-refractivity contribution in [2.45, 2.75) is 26.2 Å². The van der Waals surface area contributed by atoms with Gasteiger partial charge in [-0.1, -0.05) is 25.5 Å². The molecule has 0 saturated carbocycles. The van der Waals surface area contributed by atoms with Crippen LogP contribution >= 0.6 is 0 Å². The highest BCUT2D eigenvalue weighted by atomic mass is 16.1. The van der Waals surface area contributed by atoms with Crippen molar-refractivity contribution in [3.05, 3.63) is 29.8 Å². The van der Waals surface area contributed by atoms with E-state index in [1.807, 2.05) is 6.92 Å². The van der Waals surface area contributed by atoms with Gasteiger partial charge in [0.1, 0.15) is 6.07 Å². The van der Waals surface area contributed by atoms with Crippen LogP contribution in [0.4, 0.5) is 5.69 Å². The molecule has 0 aliphatic heterocycles. The van der Waals surface area contributed by atoms with E-state index in [1.165, 1.54) is 0 Å². The first kappa shape index (κ1) is 14.2. The second kappa shape index (κ2) is 7.46. The largest absolute Gasteiger partial charge is 0.330 e. The van der Waals surface area contributed by atoms with Crippen molar-refractivity contribution < 1.29 is 4.79 Å². The summed E-state index contributed by atoms with van der Waals surface area (Å²) in [6, 6.07) is 9.07. The highest BCUT2D eigenvalue weighted by Crippen LogP contribution is 2.17. The Hall–Kier alpha value is -1.86.